The molecule has 0 spiro atoms. The molecule has 104 valence electrons. The molecule has 1 heterocycles. The number of carbonyl (C=O) groups excluding carboxylic acids is 1. The van der Waals surface area contributed by atoms with Crippen LogP contribution in [0.1, 0.15) is 31.6 Å². The Labute approximate surface area is 112 Å². The minimum Gasteiger partial charge on any atom is -0.393 e. The van der Waals surface area contributed by atoms with Crippen molar-refractivity contribution in [3.8, 4) is 0 Å². The van der Waals surface area contributed by atoms with Crippen LogP contribution in [0.5, 0.6) is 0 Å². The number of anilines is 1. The average Bonchev–Trinajstić information content (AvgIpc) is 2.90. The van der Waals surface area contributed by atoms with Gasteiger partial charge in [0.15, 0.2) is 6.29 Å². The number of aliphatic hydroxyl groups is 1. The second kappa shape index (κ2) is 6.65. The molecule has 0 bridgehead atoms. The van der Waals surface area contributed by atoms with E-state index in [2.05, 4.69) is 5.32 Å². The van der Waals surface area contributed by atoms with E-state index in [1.54, 1.807) is 6.92 Å². The lowest BCUT2D eigenvalue weighted by Crippen LogP contribution is -2.14. The van der Waals surface area contributed by atoms with Crippen LogP contribution >= 0.6 is 0 Å². The summed E-state index contributed by atoms with van der Waals surface area (Å²) in [5.74, 6) is -0.105. The topological polar surface area (TPSA) is 67.8 Å². The zero-order valence-electron chi connectivity index (χ0n) is 11.0. The van der Waals surface area contributed by atoms with Crippen LogP contribution in [0.4, 0.5) is 5.69 Å². The Morgan fingerprint density at radius 3 is 2.89 bits per heavy atom. The fourth-order valence-corrected chi connectivity index (χ4v) is 1.88. The van der Waals surface area contributed by atoms with Crippen LogP contribution in [0.2, 0.25) is 0 Å². The van der Waals surface area contributed by atoms with Gasteiger partial charge in [-0.2, -0.15) is 0 Å². The van der Waals surface area contributed by atoms with Crippen molar-refractivity contribution < 1.29 is 19.4 Å². The summed E-state index contributed by atoms with van der Waals surface area (Å²) in [7, 11) is 0. The normalized spacial score (nSPS) is 17.4. The standard InChI is InChI=1S/C14H19NO4/c1-10(16)5-6-13(17)15-12-4-2-3-11(9-12)14-18-7-8-19-14/h2-4,9-10,14,16H,5-8H2,1H3,(H,15,17). The summed E-state index contributed by atoms with van der Waals surface area (Å²) in [6, 6.07) is 7.42. The van der Waals surface area contributed by atoms with Crippen molar-refractivity contribution >= 4 is 11.6 Å². The largest absolute Gasteiger partial charge is 0.393 e. The van der Waals surface area contributed by atoms with Crippen LogP contribution in [0.15, 0.2) is 24.3 Å². The van der Waals surface area contributed by atoms with Crippen molar-refractivity contribution in [2.75, 3.05) is 18.5 Å². The lowest BCUT2D eigenvalue weighted by atomic mass is 10.1. The number of nitrogens with one attached hydrogen (secondary N) is 1. The molecule has 1 fully saturated rings. The molecule has 5 heteroatoms. The molecular weight excluding hydrogens is 246 g/mol. The van der Waals surface area contributed by atoms with Crippen molar-refractivity contribution in [2.24, 2.45) is 0 Å². The predicted octanol–water partition coefficient (Wildman–Crippen LogP) is 1.83. The molecule has 1 amide bonds. The molecule has 5 nitrogen and oxygen atoms in total. The smallest absolute Gasteiger partial charge is 0.224 e. The molecule has 0 saturated carbocycles. The van der Waals surface area contributed by atoms with Gasteiger partial charge >= 0.3 is 0 Å². The van der Waals surface area contributed by atoms with E-state index in [-0.39, 0.29) is 12.2 Å². The van der Waals surface area contributed by atoms with Gasteiger partial charge in [0.05, 0.1) is 19.3 Å². The van der Waals surface area contributed by atoms with Gasteiger partial charge in [-0.1, -0.05) is 12.1 Å². The maximum atomic E-state index is 11.7. The summed E-state index contributed by atoms with van der Waals surface area (Å²) >= 11 is 0. The van der Waals surface area contributed by atoms with Gasteiger partial charge in [0.2, 0.25) is 5.91 Å². The molecule has 1 aliphatic rings. The van der Waals surface area contributed by atoms with Gasteiger partial charge in [-0.15, -0.1) is 0 Å². The number of aliphatic hydroxyl groups excluding tert-OH is 1. The summed E-state index contributed by atoms with van der Waals surface area (Å²) in [5.41, 5.74) is 1.61. The highest BCUT2D eigenvalue weighted by atomic mass is 16.7. The molecular formula is C14H19NO4. The van der Waals surface area contributed by atoms with Crippen molar-refractivity contribution in [1.82, 2.24) is 0 Å². The highest BCUT2D eigenvalue weighted by Gasteiger charge is 2.18. The van der Waals surface area contributed by atoms with Crippen molar-refractivity contribution in [3.63, 3.8) is 0 Å². The van der Waals surface area contributed by atoms with Gasteiger partial charge in [-0.3, -0.25) is 4.79 Å². The lowest BCUT2D eigenvalue weighted by molar-refractivity contribution is -0.116. The quantitative estimate of drug-likeness (QED) is 0.852. The van der Waals surface area contributed by atoms with Gasteiger partial charge in [-0.05, 0) is 25.5 Å². The van der Waals surface area contributed by atoms with Gasteiger partial charge in [0.1, 0.15) is 0 Å². The first-order valence-electron chi connectivity index (χ1n) is 6.46. The Kier molecular flexibility index (Phi) is 4.90. The summed E-state index contributed by atoms with van der Waals surface area (Å²) in [5, 5.41) is 11.9. The average molecular weight is 265 g/mol. The Bertz CT molecular complexity index is 427. The molecule has 0 aromatic heterocycles. The Morgan fingerprint density at radius 1 is 1.47 bits per heavy atom. The van der Waals surface area contributed by atoms with E-state index in [0.29, 0.717) is 31.7 Å². The zero-order chi connectivity index (χ0) is 13.7. The van der Waals surface area contributed by atoms with E-state index in [0.717, 1.165) is 5.56 Å². The Morgan fingerprint density at radius 2 is 2.21 bits per heavy atom. The molecule has 0 radical (unpaired) electrons. The highest BCUT2D eigenvalue weighted by Crippen LogP contribution is 2.25. The number of hydrogen-bond acceptors (Lipinski definition) is 4. The Hall–Kier alpha value is -1.43. The van der Waals surface area contributed by atoms with E-state index in [9.17, 15) is 4.79 Å². The molecule has 1 saturated heterocycles. The van der Waals surface area contributed by atoms with E-state index < -0.39 is 6.10 Å². The minimum absolute atomic E-state index is 0.105. The number of carbonyl (C=O) groups is 1. The van der Waals surface area contributed by atoms with Gasteiger partial charge in [-0.25, -0.2) is 0 Å². The molecule has 1 unspecified atom stereocenters. The summed E-state index contributed by atoms with van der Waals surface area (Å²) in [6.07, 6.45) is -0.0368. The molecule has 0 aliphatic carbocycles. The van der Waals surface area contributed by atoms with Gasteiger partial charge in [0.25, 0.3) is 0 Å². The first kappa shape index (κ1) is 14.0. The van der Waals surface area contributed by atoms with Crippen LogP contribution in [0.25, 0.3) is 0 Å². The highest BCUT2D eigenvalue weighted by molar-refractivity contribution is 5.90. The van der Waals surface area contributed by atoms with Crippen LogP contribution < -0.4 is 5.32 Å². The molecule has 19 heavy (non-hydrogen) atoms. The molecule has 1 aromatic rings. The van der Waals surface area contributed by atoms with Crippen LogP contribution in [0, 0.1) is 0 Å². The van der Waals surface area contributed by atoms with E-state index in [1.807, 2.05) is 24.3 Å². The maximum Gasteiger partial charge on any atom is 0.224 e. The zero-order valence-corrected chi connectivity index (χ0v) is 11.0. The molecule has 1 aromatic carbocycles. The lowest BCUT2D eigenvalue weighted by Gasteiger charge is -2.12. The summed E-state index contributed by atoms with van der Waals surface area (Å²) < 4.78 is 10.8. The van der Waals surface area contributed by atoms with Crippen molar-refractivity contribution in [2.45, 2.75) is 32.2 Å². The van der Waals surface area contributed by atoms with Gasteiger partial charge < -0.3 is 19.9 Å². The first-order chi connectivity index (χ1) is 9.15. The minimum atomic E-state index is -0.461. The van der Waals surface area contributed by atoms with E-state index in [1.165, 1.54) is 0 Å². The Balaban J connectivity index is 1.93. The van der Waals surface area contributed by atoms with Crippen molar-refractivity contribution in [1.29, 1.82) is 0 Å². The van der Waals surface area contributed by atoms with E-state index in [4.69, 9.17) is 14.6 Å². The summed E-state index contributed by atoms with van der Waals surface area (Å²) in [4.78, 5) is 11.7. The molecule has 1 atom stereocenters. The molecule has 1 aliphatic heterocycles. The van der Waals surface area contributed by atoms with Crippen LogP contribution in [-0.2, 0) is 14.3 Å². The number of hydrogen-bond donors (Lipinski definition) is 2. The second-order valence-corrected chi connectivity index (χ2v) is 4.63. The first-order valence-corrected chi connectivity index (χ1v) is 6.46. The molecule has 2 rings (SSSR count). The number of rotatable bonds is 5. The fraction of sp³-hybridized carbons (Fsp3) is 0.500. The van der Waals surface area contributed by atoms with Crippen LogP contribution in [-0.4, -0.2) is 30.3 Å². The number of ether oxygens (including phenoxy) is 2. The third-order valence-electron chi connectivity index (χ3n) is 2.85. The monoisotopic (exact) mass is 265 g/mol. The molecule has 2 N–H and O–H groups in total. The third-order valence-corrected chi connectivity index (χ3v) is 2.85. The fourth-order valence-electron chi connectivity index (χ4n) is 1.88. The van der Waals surface area contributed by atoms with E-state index >= 15 is 0 Å². The van der Waals surface area contributed by atoms with Crippen LogP contribution in [0.3, 0.4) is 0 Å². The predicted molar refractivity (Wildman–Crippen MR) is 70.6 cm³/mol. The van der Waals surface area contributed by atoms with Crippen molar-refractivity contribution in [3.05, 3.63) is 29.8 Å². The maximum absolute atomic E-state index is 11.7. The SMILES string of the molecule is CC(O)CCC(=O)Nc1cccc(C2OCCO2)c1. The number of amides is 1. The number of benzene rings is 1. The third kappa shape index (κ3) is 4.31. The second-order valence-electron chi connectivity index (χ2n) is 4.63. The van der Waals surface area contributed by atoms with Gasteiger partial charge in [0, 0.05) is 17.7 Å². The summed E-state index contributed by atoms with van der Waals surface area (Å²) in [6.45, 7) is 2.86.